The number of H-pyrrole nitrogens is 1. The van der Waals surface area contributed by atoms with Crippen LogP contribution in [0.15, 0.2) is 18.5 Å². The van der Waals surface area contributed by atoms with Gasteiger partial charge in [-0.05, 0) is 12.5 Å². The van der Waals surface area contributed by atoms with Crippen LogP contribution in [0.5, 0.6) is 0 Å². The number of thiophene rings is 1. The zero-order valence-electron chi connectivity index (χ0n) is 9.83. The van der Waals surface area contributed by atoms with Gasteiger partial charge in [0, 0.05) is 19.0 Å². The summed E-state index contributed by atoms with van der Waals surface area (Å²) in [6.45, 7) is 0.477. The van der Waals surface area contributed by atoms with Gasteiger partial charge in [0.05, 0.1) is 9.80 Å². The third-order valence-electron chi connectivity index (χ3n) is 2.34. The Morgan fingerprint density at radius 1 is 1.53 bits per heavy atom. The Morgan fingerprint density at radius 3 is 3.00 bits per heavy atom. The van der Waals surface area contributed by atoms with Crippen LogP contribution in [0, 0.1) is 10.1 Å². The summed E-state index contributed by atoms with van der Waals surface area (Å²) >= 11 is 0.865. The van der Waals surface area contributed by atoms with Gasteiger partial charge in [0.2, 0.25) is 0 Å². The van der Waals surface area contributed by atoms with Crippen molar-refractivity contribution in [2.24, 2.45) is 0 Å². The zero-order valence-corrected chi connectivity index (χ0v) is 10.6. The number of nitrogens with one attached hydrogen (secondary N) is 2. The van der Waals surface area contributed by atoms with E-state index in [0.717, 1.165) is 17.2 Å². The molecule has 100 valence electrons. The number of nitrogens with zero attached hydrogens (tertiary/aromatic N) is 3. The molecule has 0 spiro atoms. The van der Waals surface area contributed by atoms with Crippen LogP contribution in [-0.2, 0) is 6.42 Å². The average molecular weight is 281 g/mol. The molecule has 2 heterocycles. The molecule has 0 atom stereocenters. The standard InChI is InChI=1S/C10H11N5O3S/c16-10(7-3-4-9(19-7)15(17)18)11-5-1-2-8-12-6-13-14-8/h3-4,6H,1-2,5H2,(H,11,16)(H,12,13,14). The van der Waals surface area contributed by atoms with Crippen molar-refractivity contribution in [1.29, 1.82) is 0 Å². The summed E-state index contributed by atoms with van der Waals surface area (Å²) < 4.78 is 0. The molecule has 0 aliphatic rings. The number of carbonyl (C=O) groups excluding carboxylic acids is 1. The van der Waals surface area contributed by atoms with Gasteiger partial charge in [0.25, 0.3) is 5.91 Å². The lowest BCUT2D eigenvalue weighted by atomic mass is 10.3. The van der Waals surface area contributed by atoms with Crippen LogP contribution < -0.4 is 5.32 Å². The fraction of sp³-hybridized carbons (Fsp3) is 0.300. The smallest absolute Gasteiger partial charge is 0.324 e. The average Bonchev–Trinajstić information content (AvgIpc) is 3.05. The van der Waals surface area contributed by atoms with Crippen LogP contribution in [0.3, 0.4) is 0 Å². The molecule has 9 heteroatoms. The third kappa shape index (κ3) is 3.58. The minimum atomic E-state index is -0.509. The summed E-state index contributed by atoms with van der Waals surface area (Å²) in [4.78, 5) is 26.0. The zero-order chi connectivity index (χ0) is 13.7. The number of aromatic nitrogens is 3. The highest BCUT2D eigenvalue weighted by molar-refractivity contribution is 7.17. The molecule has 2 aromatic rings. The van der Waals surface area contributed by atoms with Crippen molar-refractivity contribution in [3.63, 3.8) is 0 Å². The highest BCUT2D eigenvalue weighted by atomic mass is 32.1. The summed E-state index contributed by atoms with van der Waals surface area (Å²) in [5.74, 6) is 0.469. The molecular weight excluding hydrogens is 270 g/mol. The number of amides is 1. The first-order valence-electron chi connectivity index (χ1n) is 5.53. The van der Waals surface area contributed by atoms with E-state index in [4.69, 9.17) is 0 Å². The Kier molecular flexibility index (Phi) is 4.18. The maximum atomic E-state index is 11.7. The predicted molar refractivity (Wildman–Crippen MR) is 68.0 cm³/mol. The molecule has 2 rings (SSSR count). The lowest BCUT2D eigenvalue weighted by Gasteiger charge is -2.01. The number of aromatic amines is 1. The van der Waals surface area contributed by atoms with E-state index in [0.29, 0.717) is 24.3 Å². The van der Waals surface area contributed by atoms with Crippen molar-refractivity contribution in [3.05, 3.63) is 39.3 Å². The van der Waals surface area contributed by atoms with E-state index >= 15 is 0 Å². The van der Waals surface area contributed by atoms with Gasteiger partial charge >= 0.3 is 5.00 Å². The lowest BCUT2D eigenvalue weighted by Crippen LogP contribution is -2.23. The number of hydrogen-bond donors (Lipinski definition) is 2. The van der Waals surface area contributed by atoms with Gasteiger partial charge in [0.1, 0.15) is 12.2 Å². The molecule has 0 aromatic carbocycles. The number of carbonyl (C=O) groups is 1. The van der Waals surface area contributed by atoms with Gasteiger partial charge in [-0.15, -0.1) is 0 Å². The fourth-order valence-electron chi connectivity index (χ4n) is 1.44. The van der Waals surface area contributed by atoms with Crippen LogP contribution >= 0.6 is 11.3 Å². The lowest BCUT2D eigenvalue weighted by molar-refractivity contribution is -0.380. The molecule has 0 unspecified atom stereocenters. The van der Waals surface area contributed by atoms with Crippen molar-refractivity contribution in [2.45, 2.75) is 12.8 Å². The molecule has 2 aromatic heterocycles. The molecule has 0 aliphatic carbocycles. The van der Waals surface area contributed by atoms with E-state index in [9.17, 15) is 14.9 Å². The summed E-state index contributed by atoms with van der Waals surface area (Å²) in [7, 11) is 0. The molecule has 1 amide bonds. The maximum absolute atomic E-state index is 11.7. The second-order valence-corrected chi connectivity index (χ2v) is 4.75. The van der Waals surface area contributed by atoms with Crippen LogP contribution in [-0.4, -0.2) is 32.6 Å². The molecule has 8 nitrogen and oxygen atoms in total. The van der Waals surface area contributed by atoms with Gasteiger partial charge in [-0.3, -0.25) is 20.0 Å². The molecule has 0 bridgehead atoms. The van der Waals surface area contributed by atoms with E-state index in [1.165, 1.54) is 18.5 Å². The first kappa shape index (κ1) is 13.1. The summed E-state index contributed by atoms with van der Waals surface area (Å²) in [5.41, 5.74) is 0. The molecule has 0 fully saturated rings. The monoisotopic (exact) mass is 281 g/mol. The Balaban J connectivity index is 1.76. The van der Waals surface area contributed by atoms with Gasteiger partial charge in [-0.25, -0.2) is 4.98 Å². The Hall–Kier alpha value is -2.29. The van der Waals surface area contributed by atoms with Gasteiger partial charge in [0.15, 0.2) is 0 Å². The van der Waals surface area contributed by atoms with E-state index in [1.807, 2.05) is 0 Å². The normalized spacial score (nSPS) is 10.3. The molecule has 0 radical (unpaired) electrons. The van der Waals surface area contributed by atoms with Crippen molar-refractivity contribution >= 4 is 22.2 Å². The number of hydrogen-bond acceptors (Lipinski definition) is 6. The van der Waals surface area contributed by atoms with E-state index in [-0.39, 0.29) is 10.9 Å². The van der Waals surface area contributed by atoms with E-state index in [1.54, 1.807) is 0 Å². The SMILES string of the molecule is O=C(NCCCc1ncn[nH]1)c1ccc([N+](=O)[O-])s1. The topological polar surface area (TPSA) is 114 Å². The van der Waals surface area contributed by atoms with Crippen LogP contribution in [0.2, 0.25) is 0 Å². The van der Waals surface area contributed by atoms with Crippen molar-refractivity contribution in [3.8, 4) is 0 Å². The molecule has 19 heavy (non-hydrogen) atoms. The predicted octanol–water partition coefficient (Wildman–Crippen LogP) is 1.14. The first-order valence-corrected chi connectivity index (χ1v) is 6.35. The molecule has 2 N–H and O–H groups in total. The highest BCUT2D eigenvalue weighted by Gasteiger charge is 2.14. The minimum Gasteiger partial charge on any atom is -0.351 e. The summed E-state index contributed by atoms with van der Waals surface area (Å²) in [6, 6.07) is 2.78. The quantitative estimate of drug-likeness (QED) is 0.468. The van der Waals surface area contributed by atoms with Gasteiger partial charge in [-0.1, -0.05) is 11.3 Å². The Morgan fingerprint density at radius 2 is 2.37 bits per heavy atom. The van der Waals surface area contributed by atoms with Crippen molar-refractivity contribution in [2.75, 3.05) is 6.54 Å². The fourth-order valence-corrected chi connectivity index (χ4v) is 2.18. The molecular formula is C10H11N5O3S. The Labute approximate surface area is 112 Å². The van der Waals surface area contributed by atoms with Crippen LogP contribution in [0.1, 0.15) is 21.9 Å². The van der Waals surface area contributed by atoms with Crippen LogP contribution in [0.4, 0.5) is 5.00 Å². The summed E-state index contributed by atoms with van der Waals surface area (Å²) in [5, 5.41) is 19.6. The van der Waals surface area contributed by atoms with Gasteiger partial charge < -0.3 is 5.32 Å². The first-order chi connectivity index (χ1) is 9.16. The second-order valence-electron chi connectivity index (χ2n) is 3.69. The van der Waals surface area contributed by atoms with Gasteiger partial charge in [-0.2, -0.15) is 5.10 Å². The van der Waals surface area contributed by atoms with E-state index in [2.05, 4.69) is 20.5 Å². The summed E-state index contributed by atoms with van der Waals surface area (Å²) in [6.07, 6.45) is 2.83. The Bertz CT molecular complexity index is 565. The van der Waals surface area contributed by atoms with E-state index < -0.39 is 4.92 Å². The molecule has 0 saturated carbocycles. The second kappa shape index (κ2) is 6.05. The number of rotatable bonds is 6. The van der Waals surface area contributed by atoms with Crippen molar-refractivity contribution < 1.29 is 9.72 Å². The number of aryl methyl sites for hydroxylation is 1. The maximum Gasteiger partial charge on any atom is 0.324 e. The highest BCUT2D eigenvalue weighted by Crippen LogP contribution is 2.23. The minimum absolute atomic E-state index is 0.0354. The largest absolute Gasteiger partial charge is 0.351 e. The van der Waals surface area contributed by atoms with Crippen LogP contribution in [0.25, 0.3) is 0 Å². The third-order valence-corrected chi connectivity index (χ3v) is 3.37. The molecule has 0 aliphatic heterocycles. The number of nitro groups is 1. The van der Waals surface area contributed by atoms with Crippen molar-refractivity contribution in [1.82, 2.24) is 20.5 Å². The molecule has 0 saturated heterocycles.